The normalized spacial score (nSPS) is 16.8. The van der Waals surface area contributed by atoms with E-state index < -0.39 is 0 Å². The molecule has 1 aromatic heterocycles. The van der Waals surface area contributed by atoms with Gasteiger partial charge in [-0.25, -0.2) is 9.98 Å². The number of fused-ring (bicyclic) bond motifs is 9. The number of para-hydroxylation sites is 2. The molecule has 14 rings (SSSR count). The first-order chi connectivity index (χ1) is 31.7. The molecule has 1 unspecified atom stereocenters. The molecule has 4 heteroatoms. The molecule has 0 saturated carbocycles. The number of aromatic nitrogens is 1. The maximum absolute atomic E-state index is 5.26. The van der Waals surface area contributed by atoms with Crippen LogP contribution in [0.15, 0.2) is 222 Å². The summed E-state index contributed by atoms with van der Waals surface area (Å²) in [5.41, 5.74) is 17.2. The lowest BCUT2D eigenvalue weighted by atomic mass is 9.67. The maximum atomic E-state index is 5.26. The largest absolute Gasteiger partial charge is 0.344 e. The van der Waals surface area contributed by atoms with Gasteiger partial charge in [-0.1, -0.05) is 176 Å². The molecule has 0 fully saturated rings. The van der Waals surface area contributed by atoms with E-state index in [4.69, 9.17) is 9.98 Å². The molecule has 0 bridgehead atoms. The number of aliphatic imine (C=N–C) groups is 2. The van der Waals surface area contributed by atoms with Gasteiger partial charge in [-0.2, -0.15) is 0 Å². The number of rotatable bonds is 5. The number of benzene rings is 9. The van der Waals surface area contributed by atoms with Gasteiger partial charge in [0.2, 0.25) is 0 Å². The van der Waals surface area contributed by atoms with Crippen LogP contribution in [0.2, 0.25) is 0 Å². The van der Waals surface area contributed by atoms with Crippen LogP contribution >= 0.6 is 0 Å². The Morgan fingerprint density at radius 3 is 2.00 bits per heavy atom. The molecule has 10 aromatic rings. The summed E-state index contributed by atoms with van der Waals surface area (Å²) in [4.78, 5) is 10.4. The predicted octanol–water partition coefficient (Wildman–Crippen LogP) is 14.0. The maximum Gasteiger partial charge on any atom is 0.159 e. The summed E-state index contributed by atoms with van der Waals surface area (Å²) in [6, 6.07) is 71.0. The first-order valence-electron chi connectivity index (χ1n) is 22.4. The second-order valence-corrected chi connectivity index (χ2v) is 17.6. The minimum atomic E-state index is -0.345. The molecule has 64 heavy (non-hydrogen) atoms. The molecule has 0 radical (unpaired) electrons. The smallest absolute Gasteiger partial charge is 0.159 e. The Morgan fingerprint density at radius 1 is 0.531 bits per heavy atom. The van der Waals surface area contributed by atoms with Crippen molar-refractivity contribution in [3.63, 3.8) is 0 Å². The van der Waals surface area contributed by atoms with E-state index in [9.17, 15) is 0 Å². The van der Waals surface area contributed by atoms with Crippen molar-refractivity contribution in [2.75, 3.05) is 0 Å². The Kier molecular flexibility index (Phi) is 7.47. The van der Waals surface area contributed by atoms with Crippen LogP contribution in [0.1, 0.15) is 58.0 Å². The van der Waals surface area contributed by atoms with E-state index in [0.29, 0.717) is 5.84 Å². The Morgan fingerprint density at radius 2 is 1.22 bits per heavy atom. The molecule has 300 valence electrons. The van der Waals surface area contributed by atoms with Crippen molar-refractivity contribution >= 4 is 60.6 Å². The van der Waals surface area contributed by atoms with Crippen molar-refractivity contribution in [2.45, 2.75) is 24.4 Å². The van der Waals surface area contributed by atoms with E-state index in [1.165, 1.54) is 76.8 Å². The third-order valence-electron chi connectivity index (χ3n) is 14.3. The number of hydrogen-bond acceptors (Lipinski definition) is 3. The number of nitrogens with zero attached hydrogens (tertiary/aromatic N) is 3. The van der Waals surface area contributed by atoms with Gasteiger partial charge >= 0.3 is 0 Å². The molecule has 4 nitrogen and oxygen atoms in total. The fourth-order valence-corrected chi connectivity index (χ4v) is 11.6. The zero-order chi connectivity index (χ0) is 41.9. The van der Waals surface area contributed by atoms with E-state index in [1.54, 1.807) is 5.57 Å². The molecular weight excluding hydrogens is 777 g/mol. The van der Waals surface area contributed by atoms with Crippen LogP contribution in [0, 0.1) is 0 Å². The van der Waals surface area contributed by atoms with Crippen molar-refractivity contribution in [3.05, 3.63) is 251 Å². The van der Waals surface area contributed by atoms with Crippen LogP contribution in [-0.2, 0) is 5.41 Å². The summed E-state index contributed by atoms with van der Waals surface area (Å²) in [5.74, 6) is 1.51. The topological polar surface area (TPSA) is 41.7 Å². The zero-order valence-corrected chi connectivity index (χ0v) is 35.0. The predicted molar refractivity (Wildman–Crippen MR) is 265 cm³/mol. The van der Waals surface area contributed by atoms with Crippen molar-refractivity contribution in [1.29, 1.82) is 0 Å². The van der Waals surface area contributed by atoms with Gasteiger partial charge in [-0.05, 0) is 115 Å². The summed E-state index contributed by atoms with van der Waals surface area (Å²) in [7, 11) is 0. The molecule has 1 atom stereocenters. The molecule has 0 amide bonds. The highest BCUT2D eigenvalue weighted by atomic mass is 15.2. The molecular formula is C60H40N4. The molecule has 9 aromatic carbocycles. The Labute approximate surface area is 370 Å². The second kappa shape index (κ2) is 13.5. The monoisotopic (exact) mass is 816 g/mol. The van der Waals surface area contributed by atoms with Gasteiger partial charge in [0.1, 0.15) is 12.0 Å². The average molecular weight is 817 g/mol. The molecule has 3 aliphatic carbocycles. The lowest BCUT2D eigenvalue weighted by Gasteiger charge is -2.33. The highest BCUT2D eigenvalue weighted by Gasteiger charge is 2.51. The third-order valence-corrected chi connectivity index (χ3v) is 14.3. The lowest BCUT2D eigenvalue weighted by Crippen LogP contribution is -2.33. The van der Waals surface area contributed by atoms with Crippen LogP contribution in [0.4, 0.5) is 0 Å². The van der Waals surface area contributed by atoms with Crippen LogP contribution in [-0.4, -0.2) is 16.2 Å². The number of hydrogen-bond donors (Lipinski definition) is 1. The summed E-state index contributed by atoms with van der Waals surface area (Å²) >= 11 is 0. The number of allylic oxidation sites excluding steroid dienone is 4. The second-order valence-electron chi connectivity index (χ2n) is 17.6. The summed E-state index contributed by atoms with van der Waals surface area (Å²) in [6.07, 6.45) is 6.54. The number of amidine groups is 2. The summed E-state index contributed by atoms with van der Waals surface area (Å²) < 4.78 is 2.36. The first kappa shape index (κ1) is 35.5. The molecule has 1 N–H and O–H groups in total. The van der Waals surface area contributed by atoms with Gasteiger partial charge in [0, 0.05) is 27.6 Å². The summed E-state index contributed by atoms with van der Waals surface area (Å²) in [6.45, 7) is 0. The van der Waals surface area contributed by atoms with Crippen molar-refractivity contribution < 1.29 is 0 Å². The minimum absolute atomic E-state index is 0.275. The third kappa shape index (κ3) is 4.94. The molecule has 2 heterocycles. The fraction of sp³-hybridized carbons (Fsp3) is 0.0667. The van der Waals surface area contributed by atoms with Crippen LogP contribution in [0.3, 0.4) is 0 Å². The van der Waals surface area contributed by atoms with E-state index in [2.05, 4.69) is 210 Å². The van der Waals surface area contributed by atoms with Gasteiger partial charge in [0.15, 0.2) is 5.84 Å². The molecule has 1 aliphatic heterocycles. The highest BCUT2D eigenvalue weighted by Crippen LogP contribution is 2.63. The Balaban J connectivity index is 0.850. The van der Waals surface area contributed by atoms with E-state index in [-0.39, 0.29) is 11.6 Å². The highest BCUT2D eigenvalue weighted by molar-refractivity contribution is 6.18. The van der Waals surface area contributed by atoms with Gasteiger partial charge in [0.05, 0.1) is 16.4 Å². The van der Waals surface area contributed by atoms with Crippen molar-refractivity contribution in [2.24, 2.45) is 9.98 Å². The molecule has 1 spiro atoms. The van der Waals surface area contributed by atoms with Crippen LogP contribution < -0.4 is 5.32 Å². The van der Waals surface area contributed by atoms with Gasteiger partial charge in [-0.3, -0.25) is 0 Å². The molecule has 0 saturated heterocycles. The minimum Gasteiger partial charge on any atom is -0.344 e. The van der Waals surface area contributed by atoms with Gasteiger partial charge in [0.25, 0.3) is 0 Å². The zero-order valence-electron chi connectivity index (χ0n) is 35.0. The SMILES string of the molecule is C1=CC2=C(CC1)C1(c3ccc(-c4ccc(C5=NC(c6ccccc6)=NC(c6ccc7c8ccccc8n(-c8ccccc8)c7c6)N5)cc4)cc32)c2cccc3ccc4cccc1c4c23. The number of nitrogens with one attached hydrogen (secondary N) is 1. The Bertz CT molecular complexity index is 3670. The quantitative estimate of drug-likeness (QED) is 0.173. The van der Waals surface area contributed by atoms with Crippen molar-refractivity contribution in [1.82, 2.24) is 9.88 Å². The average Bonchev–Trinajstić information content (AvgIpc) is 3.98. The lowest BCUT2D eigenvalue weighted by molar-refractivity contribution is 0.675. The van der Waals surface area contributed by atoms with Crippen LogP contribution in [0.25, 0.3) is 65.7 Å². The van der Waals surface area contributed by atoms with Crippen molar-refractivity contribution in [3.8, 4) is 16.8 Å². The van der Waals surface area contributed by atoms with Gasteiger partial charge < -0.3 is 9.88 Å². The fourth-order valence-electron chi connectivity index (χ4n) is 11.6. The molecule has 4 aliphatic rings. The van der Waals surface area contributed by atoms with Crippen LogP contribution in [0.5, 0.6) is 0 Å². The van der Waals surface area contributed by atoms with Gasteiger partial charge in [-0.15, -0.1) is 0 Å². The summed E-state index contributed by atoms with van der Waals surface area (Å²) in [5, 5.41) is 11.7. The first-order valence-corrected chi connectivity index (χ1v) is 22.4. The standard InChI is InChI=1S/C60H40N4/c1-3-13-40(14-4-1)57-61-58(63-59(62-57)43-31-33-47-46-20-8-10-24-53(46)64(54(47)36-43)44-17-5-2-6-18-44)41-29-25-37(26-30-41)42-32-34-50-48(35-42)45-19-7-9-21-49(45)60(50)51-22-11-15-38-27-28-39-16-12-23-52(60)56(39)55(38)51/h1-8,10-20,22-36,59H,9,21H2,(H,61,62,63). The van der Waals surface area contributed by atoms with E-state index in [0.717, 1.165) is 46.6 Å². The van der Waals surface area contributed by atoms with E-state index in [1.807, 2.05) is 6.07 Å². The van der Waals surface area contributed by atoms with E-state index >= 15 is 0 Å². The Hall–Kier alpha value is -8.08.